The highest BCUT2D eigenvalue weighted by molar-refractivity contribution is 5.98. The first-order valence-electron chi connectivity index (χ1n) is 9.48. The SMILES string of the molecule is CC(C)(C)OC(=O)c1ccc(N2CCC3(CCCCNC3=O)CC2=O)nc1. The van der Waals surface area contributed by atoms with Gasteiger partial charge < -0.3 is 10.1 Å². The maximum atomic E-state index is 12.7. The highest BCUT2D eigenvalue weighted by Gasteiger charge is 2.45. The Morgan fingerprint density at radius 2 is 2.00 bits per heavy atom. The lowest BCUT2D eigenvalue weighted by molar-refractivity contribution is -0.137. The van der Waals surface area contributed by atoms with Gasteiger partial charge in [0, 0.05) is 25.7 Å². The third kappa shape index (κ3) is 4.28. The number of ether oxygens (including phenoxy) is 1. The number of nitrogens with zero attached hydrogens (tertiary/aromatic N) is 2. The first-order chi connectivity index (χ1) is 12.7. The Morgan fingerprint density at radius 3 is 2.63 bits per heavy atom. The highest BCUT2D eigenvalue weighted by Crippen LogP contribution is 2.39. The quantitative estimate of drug-likeness (QED) is 0.805. The predicted octanol–water partition coefficient (Wildman–Crippen LogP) is 2.45. The van der Waals surface area contributed by atoms with Crippen molar-refractivity contribution in [1.82, 2.24) is 10.3 Å². The minimum Gasteiger partial charge on any atom is -0.456 e. The monoisotopic (exact) mass is 373 g/mol. The maximum Gasteiger partial charge on any atom is 0.340 e. The number of carbonyl (C=O) groups is 3. The van der Waals surface area contributed by atoms with E-state index in [0.29, 0.717) is 30.9 Å². The topological polar surface area (TPSA) is 88.6 Å². The number of nitrogens with one attached hydrogen (secondary N) is 1. The predicted molar refractivity (Wildman–Crippen MR) is 100 cm³/mol. The summed E-state index contributed by atoms with van der Waals surface area (Å²) in [6.07, 6.45) is 4.92. The van der Waals surface area contributed by atoms with E-state index < -0.39 is 17.0 Å². The molecule has 1 unspecified atom stereocenters. The second kappa shape index (κ2) is 7.29. The fraction of sp³-hybridized carbons (Fsp3) is 0.600. The Kier molecular flexibility index (Phi) is 5.22. The number of carbonyl (C=O) groups excluding carboxylic acids is 3. The van der Waals surface area contributed by atoms with Crippen LogP contribution in [0.2, 0.25) is 0 Å². The first-order valence-corrected chi connectivity index (χ1v) is 9.48. The van der Waals surface area contributed by atoms with Crippen molar-refractivity contribution in [2.75, 3.05) is 18.0 Å². The number of hydrogen-bond acceptors (Lipinski definition) is 5. The van der Waals surface area contributed by atoms with Crippen molar-refractivity contribution >= 4 is 23.6 Å². The zero-order valence-corrected chi connectivity index (χ0v) is 16.2. The smallest absolute Gasteiger partial charge is 0.340 e. The molecule has 0 aromatic carbocycles. The summed E-state index contributed by atoms with van der Waals surface area (Å²) in [7, 11) is 0. The number of esters is 1. The van der Waals surface area contributed by atoms with Gasteiger partial charge >= 0.3 is 5.97 Å². The molecule has 0 bridgehead atoms. The van der Waals surface area contributed by atoms with Crippen LogP contribution < -0.4 is 10.2 Å². The third-order valence-electron chi connectivity index (χ3n) is 5.11. The number of pyridine rings is 1. The lowest BCUT2D eigenvalue weighted by Gasteiger charge is -2.38. The molecule has 3 heterocycles. The van der Waals surface area contributed by atoms with E-state index in [1.54, 1.807) is 37.8 Å². The fourth-order valence-corrected chi connectivity index (χ4v) is 3.67. The Balaban J connectivity index is 1.70. The van der Waals surface area contributed by atoms with Crippen molar-refractivity contribution < 1.29 is 19.1 Å². The highest BCUT2D eigenvalue weighted by atomic mass is 16.6. The van der Waals surface area contributed by atoms with E-state index in [9.17, 15) is 14.4 Å². The molecular formula is C20H27N3O4. The van der Waals surface area contributed by atoms with E-state index in [1.807, 2.05) is 0 Å². The molecule has 1 N–H and O–H groups in total. The van der Waals surface area contributed by atoms with E-state index >= 15 is 0 Å². The zero-order chi connectivity index (χ0) is 19.7. The van der Waals surface area contributed by atoms with Crippen molar-refractivity contribution in [3.8, 4) is 0 Å². The molecule has 2 fully saturated rings. The van der Waals surface area contributed by atoms with Gasteiger partial charge in [-0.25, -0.2) is 9.78 Å². The summed E-state index contributed by atoms with van der Waals surface area (Å²) in [6, 6.07) is 3.27. The maximum absolute atomic E-state index is 12.7. The van der Waals surface area contributed by atoms with Crippen molar-refractivity contribution in [2.45, 2.75) is 58.5 Å². The van der Waals surface area contributed by atoms with Crippen LogP contribution in [0.25, 0.3) is 0 Å². The normalized spacial score (nSPS) is 23.7. The number of aromatic nitrogens is 1. The van der Waals surface area contributed by atoms with Crippen LogP contribution in [-0.4, -0.2) is 41.5 Å². The van der Waals surface area contributed by atoms with Crippen LogP contribution in [0.4, 0.5) is 5.82 Å². The van der Waals surface area contributed by atoms with Crippen LogP contribution >= 0.6 is 0 Å². The average molecular weight is 373 g/mol. The fourth-order valence-electron chi connectivity index (χ4n) is 3.67. The van der Waals surface area contributed by atoms with Crippen molar-refractivity contribution in [2.24, 2.45) is 5.41 Å². The van der Waals surface area contributed by atoms with E-state index in [0.717, 1.165) is 19.3 Å². The van der Waals surface area contributed by atoms with Gasteiger partial charge in [0.05, 0.1) is 11.0 Å². The number of hydrogen-bond donors (Lipinski definition) is 1. The van der Waals surface area contributed by atoms with E-state index in [4.69, 9.17) is 4.74 Å². The Labute approximate surface area is 159 Å². The standard InChI is InChI=1S/C20H27N3O4/c1-19(2,3)27-17(25)14-6-7-15(22-13-14)23-11-9-20(12-16(23)24)8-4-5-10-21-18(20)26/h6-7,13H,4-5,8-12H2,1-3H3,(H,21,26). The largest absolute Gasteiger partial charge is 0.456 e. The number of amides is 2. The Hall–Kier alpha value is -2.44. The summed E-state index contributed by atoms with van der Waals surface area (Å²) in [5.74, 6) is -0.0474. The lowest BCUT2D eigenvalue weighted by Crippen LogP contribution is -2.50. The van der Waals surface area contributed by atoms with Gasteiger partial charge in [-0.15, -0.1) is 0 Å². The second-order valence-electron chi connectivity index (χ2n) is 8.37. The molecule has 0 aliphatic carbocycles. The van der Waals surface area contributed by atoms with Gasteiger partial charge in [0.1, 0.15) is 11.4 Å². The van der Waals surface area contributed by atoms with Gasteiger partial charge in [0.15, 0.2) is 0 Å². The third-order valence-corrected chi connectivity index (χ3v) is 5.11. The summed E-state index contributed by atoms with van der Waals surface area (Å²) in [5.41, 5.74) is -0.815. The van der Waals surface area contributed by atoms with Crippen molar-refractivity contribution in [3.05, 3.63) is 23.9 Å². The minimum atomic E-state index is -0.583. The molecule has 27 heavy (non-hydrogen) atoms. The molecule has 2 saturated heterocycles. The molecular weight excluding hydrogens is 346 g/mol. The van der Waals surface area contributed by atoms with Crippen molar-refractivity contribution in [3.63, 3.8) is 0 Å². The Morgan fingerprint density at radius 1 is 1.22 bits per heavy atom. The van der Waals surface area contributed by atoms with Gasteiger partial charge in [-0.3, -0.25) is 14.5 Å². The molecule has 3 rings (SSSR count). The van der Waals surface area contributed by atoms with Crippen LogP contribution in [0.15, 0.2) is 18.3 Å². The second-order valence-corrected chi connectivity index (χ2v) is 8.37. The van der Waals surface area contributed by atoms with Crippen molar-refractivity contribution in [1.29, 1.82) is 0 Å². The molecule has 0 radical (unpaired) electrons. The van der Waals surface area contributed by atoms with Gasteiger partial charge in [-0.05, 0) is 52.2 Å². The summed E-state index contributed by atoms with van der Waals surface area (Å²) in [5, 5.41) is 2.94. The number of rotatable bonds is 2. The molecule has 1 aromatic rings. The summed E-state index contributed by atoms with van der Waals surface area (Å²) < 4.78 is 5.33. The molecule has 1 spiro atoms. The molecule has 146 valence electrons. The first kappa shape index (κ1) is 19.3. The molecule has 1 aromatic heterocycles. The molecule has 7 nitrogen and oxygen atoms in total. The van der Waals surface area contributed by atoms with Gasteiger partial charge in [0.2, 0.25) is 11.8 Å². The number of anilines is 1. The van der Waals surface area contributed by atoms with Gasteiger partial charge in [-0.1, -0.05) is 6.42 Å². The summed E-state index contributed by atoms with van der Waals surface area (Å²) >= 11 is 0. The lowest BCUT2D eigenvalue weighted by atomic mass is 9.74. The Bertz CT molecular complexity index is 739. The summed E-state index contributed by atoms with van der Waals surface area (Å²) in [4.78, 5) is 43.2. The van der Waals surface area contributed by atoms with Gasteiger partial charge in [0.25, 0.3) is 0 Å². The van der Waals surface area contributed by atoms with Crippen LogP contribution in [0.3, 0.4) is 0 Å². The van der Waals surface area contributed by atoms with Crippen LogP contribution in [0.5, 0.6) is 0 Å². The van der Waals surface area contributed by atoms with E-state index in [2.05, 4.69) is 10.3 Å². The molecule has 2 aliphatic heterocycles. The molecule has 0 saturated carbocycles. The summed E-state index contributed by atoms with van der Waals surface area (Å²) in [6.45, 7) is 6.55. The average Bonchev–Trinajstić information content (AvgIpc) is 2.76. The minimum absolute atomic E-state index is 0.00114. The zero-order valence-electron chi connectivity index (χ0n) is 16.2. The van der Waals surface area contributed by atoms with E-state index in [-0.39, 0.29) is 18.2 Å². The van der Waals surface area contributed by atoms with Crippen LogP contribution in [-0.2, 0) is 14.3 Å². The molecule has 2 amide bonds. The molecule has 2 aliphatic rings. The molecule has 7 heteroatoms. The number of piperidine rings is 1. The van der Waals surface area contributed by atoms with Crippen LogP contribution in [0, 0.1) is 5.41 Å². The molecule has 1 atom stereocenters. The van der Waals surface area contributed by atoms with Gasteiger partial charge in [-0.2, -0.15) is 0 Å². The van der Waals surface area contributed by atoms with E-state index in [1.165, 1.54) is 6.20 Å². The van der Waals surface area contributed by atoms with Crippen LogP contribution in [0.1, 0.15) is 63.2 Å².